The first kappa shape index (κ1) is 13.5. The molecule has 1 atom stereocenters. The first-order valence-electron chi connectivity index (χ1n) is 6.48. The lowest BCUT2D eigenvalue weighted by molar-refractivity contribution is -0.121. The third-order valence-corrected chi connectivity index (χ3v) is 3.12. The summed E-state index contributed by atoms with van der Waals surface area (Å²) in [5, 5.41) is 6.33. The zero-order chi connectivity index (χ0) is 11.8. The van der Waals surface area contributed by atoms with Crippen LogP contribution in [0.5, 0.6) is 0 Å². The van der Waals surface area contributed by atoms with Crippen molar-refractivity contribution in [1.82, 2.24) is 15.5 Å². The van der Waals surface area contributed by atoms with Crippen molar-refractivity contribution in [3.05, 3.63) is 0 Å². The highest BCUT2D eigenvalue weighted by molar-refractivity contribution is 5.75. The third kappa shape index (κ3) is 4.94. The van der Waals surface area contributed by atoms with Gasteiger partial charge in [-0.3, -0.25) is 4.79 Å². The first-order chi connectivity index (χ1) is 7.76. The van der Waals surface area contributed by atoms with Crippen LogP contribution in [-0.4, -0.2) is 49.6 Å². The zero-order valence-electron chi connectivity index (χ0n) is 10.6. The van der Waals surface area contributed by atoms with E-state index in [4.69, 9.17) is 0 Å². The minimum Gasteiger partial charge on any atom is -0.356 e. The largest absolute Gasteiger partial charge is 0.356 e. The smallest absolute Gasteiger partial charge is 0.221 e. The van der Waals surface area contributed by atoms with Crippen LogP contribution in [0.2, 0.25) is 0 Å². The lowest BCUT2D eigenvalue weighted by Crippen LogP contribution is -2.39. The van der Waals surface area contributed by atoms with E-state index in [1.54, 1.807) is 0 Å². The maximum Gasteiger partial charge on any atom is 0.221 e. The van der Waals surface area contributed by atoms with Gasteiger partial charge in [-0.1, -0.05) is 6.92 Å². The Bertz CT molecular complexity index is 202. The van der Waals surface area contributed by atoms with E-state index in [2.05, 4.69) is 22.5 Å². The quantitative estimate of drug-likeness (QED) is 0.669. The molecule has 1 amide bonds. The van der Waals surface area contributed by atoms with Crippen molar-refractivity contribution in [3.63, 3.8) is 0 Å². The number of carbonyl (C=O) groups excluding carboxylic acids is 1. The Morgan fingerprint density at radius 3 is 2.88 bits per heavy atom. The molecule has 0 spiro atoms. The summed E-state index contributed by atoms with van der Waals surface area (Å²) in [5.41, 5.74) is 0. The van der Waals surface area contributed by atoms with Crippen molar-refractivity contribution in [2.75, 3.05) is 32.7 Å². The molecule has 0 aliphatic carbocycles. The maximum absolute atomic E-state index is 11.3. The highest BCUT2D eigenvalue weighted by Crippen LogP contribution is 2.07. The van der Waals surface area contributed by atoms with Gasteiger partial charge in [0.25, 0.3) is 0 Å². The highest BCUT2D eigenvalue weighted by atomic mass is 16.1. The lowest BCUT2D eigenvalue weighted by atomic mass is 10.2. The molecule has 1 unspecified atom stereocenters. The molecular weight excluding hydrogens is 202 g/mol. The molecule has 16 heavy (non-hydrogen) atoms. The summed E-state index contributed by atoms with van der Waals surface area (Å²) in [6.45, 7) is 8.98. The molecule has 0 radical (unpaired) electrons. The number of nitrogens with one attached hydrogen (secondary N) is 2. The number of likely N-dealkylation sites (N-methyl/N-ethyl adjacent to an activating group) is 1. The Balaban J connectivity index is 2.17. The summed E-state index contributed by atoms with van der Waals surface area (Å²) in [5.74, 6) is 0.167. The molecule has 0 aromatic rings. The van der Waals surface area contributed by atoms with Crippen LogP contribution in [0.3, 0.4) is 0 Å². The Morgan fingerprint density at radius 1 is 1.50 bits per heavy atom. The van der Waals surface area contributed by atoms with E-state index in [-0.39, 0.29) is 5.91 Å². The molecule has 1 heterocycles. The molecule has 94 valence electrons. The van der Waals surface area contributed by atoms with Crippen molar-refractivity contribution in [3.8, 4) is 0 Å². The number of amides is 1. The first-order valence-corrected chi connectivity index (χ1v) is 6.48. The Labute approximate surface area is 98.8 Å². The van der Waals surface area contributed by atoms with Crippen molar-refractivity contribution >= 4 is 5.91 Å². The van der Waals surface area contributed by atoms with E-state index in [1.165, 1.54) is 12.8 Å². The Kier molecular flexibility index (Phi) is 6.42. The predicted octanol–water partition coefficient (Wildman–Crippen LogP) is 0.587. The minimum atomic E-state index is 0.167. The van der Waals surface area contributed by atoms with Crippen LogP contribution in [0.15, 0.2) is 0 Å². The standard InChI is InChI=1S/C12H25N3O/c1-3-13-12(16)7-9-15(4-2)10-11-6-5-8-14-11/h11,14H,3-10H2,1-2H3,(H,13,16). The molecule has 2 N–H and O–H groups in total. The minimum absolute atomic E-state index is 0.167. The van der Waals surface area contributed by atoms with E-state index in [9.17, 15) is 4.79 Å². The van der Waals surface area contributed by atoms with Gasteiger partial charge in [0, 0.05) is 32.1 Å². The van der Waals surface area contributed by atoms with Gasteiger partial charge in [-0.25, -0.2) is 0 Å². The number of hydrogen-bond acceptors (Lipinski definition) is 3. The van der Waals surface area contributed by atoms with Crippen LogP contribution in [-0.2, 0) is 4.79 Å². The zero-order valence-corrected chi connectivity index (χ0v) is 10.6. The summed E-state index contributed by atoms with van der Waals surface area (Å²) in [6.07, 6.45) is 3.19. The molecule has 1 fully saturated rings. The fraction of sp³-hybridized carbons (Fsp3) is 0.917. The van der Waals surface area contributed by atoms with Gasteiger partial charge < -0.3 is 15.5 Å². The van der Waals surface area contributed by atoms with Gasteiger partial charge in [-0.05, 0) is 32.9 Å². The number of nitrogens with zero attached hydrogens (tertiary/aromatic N) is 1. The molecule has 1 saturated heterocycles. The molecule has 4 nitrogen and oxygen atoms in total. The summed E-state index contributed by atoms with van der Waals surface area (Å²) in [6, 6.07) is 0.634. The average Bonchev–Trinajstić information content (AvgIpc) is 2.77. The molecular formula is C12H25N3O. The van der Waals surface area contributed by atoms with Crippen LogP contribution in [0.4, 0.5) is 0 Å². The fourth-order valence-electron chi connectivity index (χ4n) is 2.15. The Morgan fingerprint density at radius 2 is 2.31 bits per heavy atom. The van der Waals surface area contributed by atoms with E-state index < -0.39 is 0 Å². The molecule has 4 heteroatoms. The molecule has 0 saturated carbocycles. The molecule has 0 bridgehead atoms. The highest BCUT2D eigenvalue weighted by Gasteiger charge is 2.17. The summed E-state index contributed by atoms with van der Waals surface area (Å²) in [4.78, 5) is 13.7. The number of hydrogen-bond donors (Lipinski definition) is 2. The summed E-state index contributed by atoms with van der Waals surface area (Å²) >= 11 is 0. The van der Waals surface area contributed by atoms with E-state index in [0.29, 0.717) is 12.5 Å². The monoisotopic (exact) mass is 227 g/mol. The topological polar surface area (TPSA) is 44.4 Å². The van der Waals surface area contributed by atoms with Gasteiger partial charge in [0.05, 0.1) is 0 Å². The van der Waals surface area contributed by atoms with Gasteiger partial charge >= 0.3 is 0 Å². The van der Waals surface area contributed by atoms with Gasteiger partial charge in [-0.15, -0.1) is 0 Å². The normalized spacial score (nSPS) is 20.3. The molecule has 0 aromatic carbocycles. The van der Waals surface area contributed by atoms with Crippen molar-refractivity contribution in [2.24, 2.45) is 0 Å². The van der Waals surface area contributed by atoms with Gasteiger partial charge in [0.1, 0.15) is 0 Å². The second-order valence-corrected chi connectivity index (χ2v) is 4.39. The van der Waals surface area contributed by atoms with Crippen molar-refractivity contribution in [2.45, 2.75) is 39.2 Å². The van der Waals surface area contributed by atoms with E-state index in [1.807, 2.05) is 6.92 Å². The van der Waals surface area contributed by atoms with Crippen molar-refractivity contribution < 1.29 is 4.79 Å². The third-order valence-electron chi connectivity index (χ3n) is 3.12. The van der Waals surface area contributed by atoms with Crippen LogP contribution >= 0.6 is 0 Å². The maximum atomic E-state index is 11.3. The second-order valence-electron chi connectivity index (χ2n) is 4.39. The van der Waals surface area contributed by atoms with Crippen molar-refractivity contribution in [1.29, 1.82) is 0 Å². The van der Waals surface area contributed by atoms with Gasteiger partial charge in [0.2, 0.25) is 5.91 Å². The Hall–Kier alpha value is -0.610. The van der Waals surface area contributed by atoms with Crippen LogP contribution < -0.4 is 10.6 Å². The SMILES string of the molecule is CCNC(=O)CCN(CC)CC1CCCN1. The summed E-state index contributed by atoms with van der Waals surface area (Å²) in [7, 11) is 0. The number of rotatable bonds is 7. The molecule has 0 aromatic heterocycles. The van der Waals surface area contributed by atoms with Gasteiger partial charge in [0.15, 0.2) is 0 Å². The fourth-order valence-corrected chi connectivity index (χ4v) is 2.15. The van der Waals surface area contributed by atoms with Crippen LogP contribution in [0, 0.1) is 0 Å². The molecule has 1 rings (SSSR count). The van der Waals surface area contributed by atoms with E-state index >= 15 is 0 Å². The van der Waals surface area contributed by atoms with Crippen LogP contribution in [0.25, 0.3) is 0 Å². The lowest BCUT2D eigenvalue weighted by Gasteiger charge is -2.23. The van der Waals surface area contributed by atoms with Gasteiger partial charge in [-0.2, -0.15) is 0 Å². The van der Waals surface area contributed by atoms with Crippen LogP contribution in [0.1, 0.15) is 33.1 Å². The average molecular weight is 227 g/mol. The molecule has 1 aliphatic heterocycles. The summed E-state index contributed by atoms with van der Waals surface area (Å²) < 4.78 is 0. The second kappa shape index (κ2) is 7.63. The number of carbonyl (C=O) groups is 1. The van der Waals surface area contributed by atoms with E-state index in [0.717, 1.165) is 32.7 Å². The molecule has 1 aliphatic rings. The predicted molar refractivity (Wildman–Crippen MR) is 66.4 cm³/mol.